The Kier molecular flexibility index (Phi) is 5.18. The Morgan fingerprint density at radius 1 is 1.38 bits per heavy atom. The Hall–Kier alpha value is -1.89. The second-order valence-electron chi connectivity index (χ2n) is 5.99. The number of rotatable bonds is 7. The van der Waals surface area contributed by atoms with Gasteiger partial charge in [0.1, 0.15) is 11.6 Å². The topological polar surface area (TPSA) is 51.0 Å². The smallest absolute Gasteiger partial charge is 0.233 e. The van der Waals surface area contributed by atoms with Gasteiger partial charge in [0, 0.05) is 31.6 Å². The van der Waals surface area contributed by atoms with Crippen LogP contribution in [0.4, 0.5) is 4.39 Å². The van der Waals surface area contributed by atoms with E-state index in [1.807, 2.05) is 0 Å². The third kappa shape index (κ3) is 3.77. The fourth-order valence-electron chi connectivity index (χ4n) is 2.55. The molecule has 0 bridgehead atoms. The minimum Gasteiger partial charge on any atom is -0.341 e. The molecule has 1 heterocycles. The summed E-state index contributed by atoms with van der Waals surface area (Å²) in [5.74, 6) is 1.50. The van der Waals surface area contributed by atoms with Crippen LogP contribution in [0, 0.1) is 5.82 Å². The molecule has 0 spiro atoms. The van der Waals surface area contributed by atoms with Gasteiger partial charge in [-0.1, -0.05) is 30.0 Å². The van der Waals surface area contributed by atoms with Crippen molar-refractivity contribution in [3.05, 3.63) is 41.5 Å². The van der Waals surface area contributed by atoms with E-state index in [-0.39, 0.29) is 24.0 Å². The van der Waals surface area contributed by atoms with Crippen molar-refractivity contribution in [2.24, 2.45) is 0 Å². The molecule has 1 fully saturated rings. The molecular formula is C17H21FN4OS. The molecule has 1 amide bonds. The second kappa shape index (κ2) is 7.34. The normalized spacial score (nSPS) is 14.0. The monoisotopic (exact) mass is 348 g/mol. The number of carbonyl (C=O) groups is 1. The van der Waals surface area contributed by atoms with Gasteiger partial charge >= 0.3 is 0 Å². The number of benzene rings is 1. The van der Waals surface area contributed by atoms with Crippen LogP contribution < -0.4 is 0 Å². The molecule has 0 unspecified atom stereocenters. The van der Waals surface area contributed by atoms with Gasteiger partial charge in [0.15, 0.2) is 5.16 Å². The Morgan fingerprint density at radius 2 is 2.12 bits per heavy atom. The number of amides is 1. The first-order valence-corrected chi connectivity index (χ1v) is 9.12. The SMILES string of the molecule is CCn1c(SCC(=O)N(C)Cc2ccccc2F)nnc1C1CC1. The van der Waals surface area contributed by atoms with Gasteiger partial charge in [0.2, 0.25) is 5.91 Å². The molecule has 5 nitrogen and oxygen atoms in total. The van der Waals surface area contributed by atoms with Crippen molar-refractivity contribution in [3.8, 4) is 0 Å². The molecule has 3 rings (SSSR count). The minimum absolute atomic E-state index is 0.0538. The van der Waals surface area contributed by atoms with E-state index in [0.717, 1.165) is 17.5 Å². The standard InChI is InChI=1S/C17H21FN4OS/c1-3-22-16(12-8-9-12)19-20-17(22)24-11-15(23)21(2)10-13-6-4-5-7-14(13)18/h4-7,12H,3,8-11H2,1-2H3. The van der Waals surface area contributed by atoms with E-state index in [2.05, 4.69) is 21.7 Å². The van der Waals surface area contributed by atoms with Gasteiger partial charge < -0.3 is 9.47 Å². The van der Waals surface area contributed by atoms with Crippen molar-refractivity contribution in [1.29, 1.82) is 0 Å². The van der Waals surface area contributed by atoms with Crippen LogP contribution in [0.5, 0.6) is 0 Å². The Bertz CT molecular complexity index is 729. The quantitative estimate of drug-likeness (QED) is 0.722. The predicted molar refractivity (Wildman–Crippen MR) is 91.3 cm³/mol. The second-order valence-corrected chi connectivity index (χ2v) is 6.93. The van der Waals surface area contributed by atoms with E-state index in [0.29, 0.717) is 11.5 Å². The third-order valence-electron chi connectivity index (χ3n) is 4.12. The fraction of sp³-hybridized carbons (Fsp3) is 0.471. The maximum absolute atomic E-state index is 13.7. The zero-order valence-corrected chi connectivity index (χ0v) is 14.7. The molecular weight excluding hydrogens is 327 g/mol. The lowest BCUT2D eigenvalue weighted by Gasteiger charge is -2.17. The molecule has 7 heteroatoms. The van der Waals surface area contributed by atoms with E-state index >= 15 is 0 Å². The summed E-state index contributed by atoms with van der Waals surface area (Å²) in [5.41, 5.74) is 0.520. The van der Waals surface area contributed by atoms with Gasteiger partial charge in [-0.15, -0.1) is 10.2 Å². The summed E-state index contributed by atoms with van der Waals surface area (Å²) in [4.78, 5) is 13.9. The molecule has 0 saturated heterocycles. The average Bonchev–Trinajstić information content (AvgIpc) is 3.34. The lowest BCUT2D eigenvalue weighted by Crippen LogP contribution is -2.28. The van der Waals surface area contributed by atoms with Gasteiger partial charge in [0.25, 0.3) is 0 Å². The number of halogens is 1. The molecule has 1 aliphatic rings. The van der Waals surface area contributed by atoms with Gasteiger partial charge in [-0.2, -0.15) is 0 Å². The minimum atomic E-state index is -0.287. The molecule has 1 saturated carbocycles. The first-order valence-electron chi connectivity index (χ1n) is 8.13. The van der Waals surface area contributed by atoms with Gasteiger partial charge in [-0.05, 0) is 25.8 Å². The highest BCUT2D eigenvalue weighted by Gasteiger charge is 2.30. The molecule has 24 heavy (non-hydrogen) atoms. The number of hydrogen-bond acceptors (Lipinski definition) is 4. The van der Waals surface area contributed by atoms with Crippen molar-refractivity contribution >= 4 is 17.7 Å². The Balaban J connectivity index is 1.58. The number of hydrogen-bond donors (Lipinski definition) is 0. The van der Waals surface area contributed by atoms with Crippen LogP contribution in [0.3, 0.4) is 0 Å². The molecule has 0 aliphatic heterocycles. The molecule has 1 aliphatic carbocycles. The highest BCUT2D eigenvalue weighted by Crippen LogP contribution is 2.39. The van der Waals surface area contributed by atoms with Crippen molar-refractivity contribution in [1.82, 2.24) is 19.7 Å². The van der Waals surface area contributed by atoms with E-state index in [1.54, 1.807) is 30.1 Å². The molecule has 0 N–H and O–H groups in total. The summed E-state index contributed by atoms with van der Waals surface area (Å²) < 4.78 is 15.8. The van der Waals surface area contributed by atoms with Crippen molar-refractivity contribution in [3.63, 3.8) is 0 Å². The fourth-order valence-corrected chi connectivity index (χ4v) is 3.50. The summed E-state index contributed by atoms with van der Waals surface area (Å²) >= 11 is 1.39. The van der Waals surface area contributed by atoms with Gasteiger partial charge in [0.05, 0.1) is 5.75 Å². The number of aromatic nitrogens is 3. The molecule has 128 valence electrons. The molecule has 1 aromatic heterocycles. The maximum Gasteiger partial charge on any atom is 0.233 e. The Labute approximate surface area is 145 Å². The first kappa shape index (κ1) is 17.0. The number of carbonyl (C=O) groups excluding carboxylic acids is 1. The van der Waals surface area contributed by atoms with Crippen LogP contribution >= 0.6 is 11.8 Å². The van der Waals surface area contributed by atoms with Crippen LogP contribution in [0.25, 0.3) is 0 Å². The molecule has 0 radical (unpaired) electrons. The summed E-state index contributed by atoms with van der Waals surface area (Å²) in [6.07, 6.45) is 2.35. The lowest BCUT2D eigenvalue weighted by atomic mass is 10.2. The van der Waals surface area contributed by atoms with Crippen LogP contribution in [-0.4, -0.2) is 38.4 Å². The zero-order valence-electron chi connectivity index (χ0n) is 13.9. The molecule has 2 aromatic rings. The van der Waals surface area contributed by atoms with Gasteiger partial charge in [-0.25, -0.2) is 4.39 Å². The maximum atomic E-state index is 13.7. The van der Waals surface area contributed by atoms with E-state index in [1.165, 1.54) is 30.7 Å². The third-order valence-corrected chi connectivity index (χ3v) is 5.07. The van der Waals surface area contributed by atoms with Gasteiger partial charge in [-0.3, -0.25) is 4.79 Å². The predicted octanol–water partition coefficient (Wildman–Crippen LogP) is 3.07. The van der Waals surface area contributed by atoms with E-state index in [9.17, 15) is 9.18 Å². The first-order chi connectivity index (χ1) is 11.6. The lowest BCUT2D eigenvalue weighted by molar-refractivity contribution is -0.127. The highest BCUT2D eigenvalue weighted by atomic mass is 32.2. The number of thioether (sulfide) groups is 1. The van der Waals surface area contributed by atoms with E-state index in [4.69, 9.17) is 0 Å². The van der Waals surface area contributed by atoms with Crippen molar-refractivity contribution in [2.45, 2.75) is 43.9 Å². The average molecular weight is 348 g/mol. The van der Waals surface area contributed by atoms with Crippen LogP contribution in [-0.2, 0) is 17.9 Å². The van der Waals surface area contributed by atoms with Crippen molar-refractivity contribution < 1.29 is 9.18 Å². The highest BCUT2D eigenvalue weighted by molar-refractivity contribution is 7.99. The van der Waals surface area contributed by atoms with Crippen LogP contribution in [0.2, 0.25) is 0 Å². The van der Waals surface area contributed by atoms with E-state index < -0.39 is 0 Å². The summed E-state index contributed by atoms with van der Waals surface area (Å²) in [5, 5.41) is 9.28. The van der Waals surface area contributed by atoms with Crippen LogP contribution in [0.1, 0.15) is 37.1 Å². The summed E-state index contributed by atoms with van der Waals surface area (Å²) in [7, 11) is 1.69. The Morgan fingerprint density at radius 3 is 2.79 bits per heavy atom. The summed E-state index contributed by atoms with van der Waals surface area (Å²) in [6.45, 7) is 3.13. The number of nitrogens with zero attached hydrogens (tertiary/aromatic N) is 4. The molecule has 0 atom stereocenters. The summed E-state index contributed by atoms with van der Waals surface area (Å²) in [6, 6.07) is 6.52. The largest absolute Gasteiger partial charge is 0.341 e. The zero-order chi connectivity index (χ0) is 17.1. The van der Waals surface area contributed by atoms with Crippen molar-refractivity contribution in [2.75, 3.05) is 12.8 Å². The van der Waals surface area contributed by atoms with Crippen LogP contribution in [0.15, 0.2) is 29.4 Å². The molecule has 1 aromatic carbocycles.